The summed E-state index contributed by atoms with van der Waals surface area (Å²) in [5.41, 5.74) is 2.80. The maximum Gasteiger partial charge on any atom is 0.251 e. The lowest BCUT2D eigenvalue weighted by Crippen LogP contribution is -2.25. The molecule has 0 aliphatic rings. The number of hydrogen-bond donors (Lipinski definition) is 1. The van der Waals surface area contributed by atoms with Gasteiger partial charge in [0.25, 0.3) is 5.91 Å². The van der Waals surface area contributed by atoms with E-state index in [2.05, 4.69) is 31.9 Å². The molecule has 0 atom stereocenters. The number of aromatic nitrogens is 2. The number of rotatable bonds is 9. The summed E-state index contributed by atoms with van der Waals surface area (Å²) < 4.78 is 8.70. The molecule has 0 unspecified atom stereocenters. The number of hydrogen-bond acceptors (Lipinski definition) is 3. The van der Waals surface area contributed by atoms with E-state index in [0.717, 1.165) is 40.7 Å². The van der Waals surface area contributed by atoms with Crippen LogP contribution in [0.5, 0.6) is 0 Å². The van der Waals surface area contributed by atoms with Crippen molar-refractivity contribution in [2.45, 2.75) is 26.3 Å². The Bertz CT molecular complexity index is 890. The molecule has 27 heavy (non-hydrogen) atoms. The lowest BCUT2D eigenvalue weighted by molar-refractivity contribution is 0.0953. The van der Waals surface area contributed by atoms with Gasteiger partial charge in [0.15, 0.2) is 0 Å². The van der Waals surface area contributed by atoms with E-state index < -0.39 is 0 Å². The molecule has 0 saturated heterocycles. The lowest BCUT2D eigenvalue weighted by Gasteiger charge is -2.10. The first-order valence-corrected chi connectivity index (χ1v) is 10.0. The fraction of sp³-hybridized carbons (Fsp3) is 0.333. The molecule has 0 radical (unpaired) electrons. The van der Waals surface area contributed by atoms with Gasteiger partial charge in [0.05, 0.1) is 17.6 Å². The van der Waals surface area contributed by atoms with Gasteiger partial charge in [-0.25, -0.2) is 4.98 Å². The molecule has 0 aliphatic carbocycles. The van der Waals surface area contributed by atoms with Crippen molar-refractivity contribution in [3.05, 3.63) is 64.4 Å². The first-order valence-electron chi connectivity index (χ1n) is 9.24. The van der Waals surface area contributed by atoms with Crippen LogP contribution < -0.4 is 5.32 Å². The number of carbonyl (C=O) groups excluding carboxylic acids is 1. The summed E-state index contributed by atoms with van der Waals surface area (Å²) in [6.07, 6.45) is 1.64. The zero-order valence-electron chi connectivity index (χ0n) is 15.5. The zero-order chi connectivity index (χ0) is 19.1. The molecule has 0 fully saturated rings. The van der Waals surface area contributed by atoms with Crippen LogP contribution in [0.4, 0.5) is 0 Å². The molecule has 0 spiro atoms. The predicted molar refractivity (Wildman–Crippen MR) is 111 cm³/mol. The van der Waals surface area contributed by atoms with Gasteiger partial charge in [0.1, 0.15) is 5.82 Å². The molecule has 1 aromatic heterocycles. The highest BCUT2D eigenvalue weighted by molar-refractivity contribution is 9.10. The average Bonchev–Trinajstić information content (AvgIpc) is 3.03. The molecular weight excluding hydrogens is 406 g/mol. The SMILES string of the molecule is CCOCCn1c(CCCNC(=O)c2ccc(Br)cc2)nc2ccccc21. The van der Waals surface area contributed by atoms with E-state index in [1.807, 2.05) is 49.4 Å². The average molecular weight is 430 g/mol. The molecule has 0 saturated carbocycles. The van der Waals surface area contributed by atoms with E-state index >= 15 is 0 Å². The Hall–Kier alpha value is -2.18. The fourth-order valence-electron chi connectivity index (χ4n) is 3.02. The van der Waals surface area contributed by atoms with Gasteiger partial charge in [-0.3, -0.25) is 4.79 Å². The van der Waals surface area contributed by atoms with E-state index in [9.17, 15) is 4.79 Å². The van der Waals surface area contributed by atoms with E-state index in [1.54, 1.807) is 0 Å². The second-order valence-electron chi connectivity index (χ2n) is 6.23. The van der Waals surface area contributed by atoms with Crippen LogP contribution in [0, 0.1) is 0 Å². The van der Waals surface area contributed by atoms with Crippen molar-refractivity contribution in [2.75, 3.05) is 19.8 Å². The number of carbonyl (C=O) groups is 1. The standard InChI is InChI=1S/C21H24BrN3O2/c1-2-27-15-14-25-19-7-4-3-6-18(19)24-20(25)8-5-13-23-21(26)16-9-11-17(22)12-10-16/h3-4,6-7,9-12H,2,5,8,13-15H2,1H3,(H,23,26). The summed E-state index contributed by atoms with van der Waals surface area (Å²) in [6.45, 7) is 4.79. The van der Waals surface area contributed by atoms with E-state index in [1.165, 1.54) is 0 Å². The number of halogens is 1. The Morgan fingerprint density at radius 2 is 1.96 bits per heavy atom. The number of fused-ring (bicyclic) bond motifs is 1. The van der Waals surface area contributed by atoms with Crippen LogP contribution in [-0.2, 0) is 17.7 Å². The molecule has 3 aromatic rings. The molecule has 1 amide bonds. The third-order valence-corrected chi connectivity index (χ3v) is 4.89. The maximum absolute atomic E-state index is 12.2. The molecule has 1 N–H and O–H groups in total. The summed E-state index contributed by atoms with van der Waals surface area (Å²) in [6, 6.07) is 15.5. The van der Waals surface area contributed by atoms with E-state index in [0.29, 0.717) is 25.3 Å². The van der Waals surface area contributed by atoms with Gasteiger partial charge in [-0.15, -0.1) is 0 Å². The van der Waals surface area contributed by atoms with Crippen molar-refractivity contribution in [3.63, 3.8) is 0 Å². The van der Waals surface area contributed by atoms with Crippen molar-refractivity contribution in [1.82, 2.24) is 14.9 Å². The number of nitrogens with zero attached hydrogens (tertiary/aromatic N) is 2. The largest absolute Gasteiger partial charge is 0.380 e. The summed E-state index contributed by atoms with van der Waals surface area (Å²) in [7, 11) is 0. The smallest absolute Gasteiger partial charge is 0.251 e. The molecule has 3 rings (SSSR count). The Morgan fingerprint density at radius 1 is 1.19 bits per heavy atom. The van der Waals surface area contributed by atoms with Crippen molar-refractivity contribution < 1.29 is 9.53 Å². The third kappa shape index (κ3) is 5.17. The Morgan fingerprint density at radius 3 is 2.74 bits per heavy atom. The number of imidazole rings is 1. The molecule has 5 nitrogen and oxygen atoms in total. The maximum atomic E-state index is 12.2. The second-order valence-corrected chi connectivity index (χ2v) is 7.15. The predicted octanol–water partition coefficient (Wildman–Crippen LogP) is 4.20. The van der Waals surface area contributed by atoms with Gasteiger partial charge in [0.2, 0.25) is 0 Å². The van der Waals surface area contributed by atoms with Gasteiger partial charge in [-0.2, -0.15) is 0 Å². The van der Waals surface area contributed by atoms with Crippen molar-refractivity contribution in [1.29, 1.82) is 0 Å². The molecule has 0 aliphatic heterocycles. The molecule has 6 heteroatoms. The fourth-order valence-corrected chi connectivity index (χ4v) is 3.28. The molecule has 0 bridgehead atoms. The number of ether oxygens (including phenoxy) is 1. The number of benzene rings is 2. The Balaban J connectivity index is 1.58. The Labute approximate surface area is 167 Å². The number of para-hydroxylation sites is 2. The summed E-state index contributed by atoms with van der Waals surface area (Å²) in [5.74, 6) is 0.987. The van der Waals surface area contributed by atoms with Crippen molar-refractivity contribution in [3.8, 4) is 0 Å². The van der Waals surface area contributed by atoms with Gasteiger partial charge < -0.3 is 14.6 Å². The van der Waals surface area contributed by atoms with Gasteiger partial charge in [-0.1, -0.05) is 28.1 Å². The normalized spacial score (nSPS) is 11.0. The van der Waals surface area contributed by atoms with Crippen LogP contribution in [-0.4, -0.2) is 35.2 Å². The van der Waals surface area contributed by atoms with Crippen LogP contribution in [0.15, 0.2) is 53.0 Å². The van der Waals surface area contributed by atoms with Crippen LogP contribution in [0.3, 0.4) is 0 Å². The molecular formula is C21H24BrN3O2. The van der Waals surface area contributed by atoms with Crippen LogP contribution in [0.25, 0.3) is 11.0 Å². The van der Waals surface area contributed by atoms with Crippen LogP contribution in [0.1, 0.15) is 29.5 Å². The summed E-state index contributed by atoms with van der Waals surface area (Å²) in [5, 5.41) is 2.98. The highest BCUT2D eigenvalue weighted by atomic mass is 79.9. The summed E-state index contributed by atoms with van der Waals surface area (Å²) in [4.78, 5) is 17.0. The Kier molecular flexibility index (Phi) is 7.01. The second kappa shape index (κ2) is 9.67. The highest BCUT2D eigenvalue weighted by Gasteiger charge is 2.10. The third-order valence-electron chi connectivity index (χ3n) is 4.37. The topological polar surface area (TPSA) is 56.1 Å². The molecule has 1 heterocycles. The number of nitrogens with one attached hydrogen (secondary N) is 1. The van der Waals surface area contributed by atoms with Crippen LogP contribution >= 0.6 is 15.9 Å². The minimum Gasteiger partial charge on any atom is -0.380 e. The monoisotopic (exact) mass is 429 g/mol. The highest BCUT2D eigenvalue weighted by Crippen LogP contribution is 2.17. The number of aryl methyl sites for hydroxylation is 1. The summed E-state index contributed by atoms with van der Waals surface area (Å²) >= 11 is 3.38. The van der Waals surface area contributed by atoms with E-state index in [4.69, 9.17) is 9.72 Å². The first kappa shape index (κ1) is 19.6. The minimum atomic E-state index is -0.0488. The van der Waals surface area contributed by atoms with Gasteiger partial charge in [-0.05, 0) is 49.7 Å². The van der Waals surface area contributed by atoms with E-state index in [-0.39, 0.29) is 5.91 Å². The van der Waals surface area contributed by atoms with Gasteiger partial charge >= 0.3 is 0 Å². The minimum absolute atomic E-state index is 0.0488. The quantitative estimate of drug-likeness (QED) is 0.518. The zero-order valence-corrected chi connectivity index (χ0v) is 17.0. The van der Waals surface area contributed by atoms with Gasteiger partial charge in [0, 0.05) is 36.2 Å². The van der Waals surface area contributed by atoms with Crippen LogP contribution in [0.2, 0.25) is 0 Å². The number of amides is 1. The first-order chi connectivity index (χ1) is 13.2. The molecule has 142 valence electrons. The molecule has 2 aromatic carbocycles. The van der Waals surface area contributed by atoms with Crippen molar-refractivity contribution in [2.24, 2.45) is 0 Å². The van der Waals surface area contributed by atoms with Crippen molar-refractivity contribution >= 4 is 32.9 Å². The lowest BCUT2D eigenvalue weighted by atomic mass is 10.2.